The standard InChI is InChI=1S/C17H26N2O/c1-13(2)15(18)16(20)19-12-17(10-6-7-11-17)14-8-4-3-5-9-14/h3-5,8-9,13,15H,6-7,10-12,18H2,1-2H3,(H,19,20)/t15-/m0/s1. The first-order valence-corrected chi connectivity index (χ1v) is 7.64. The molecule has 1 aromatic rings. The molecule has 0 heterocycles. The van der Waals surface area contributed by atoms with Crippen LogP contribution >= 0.6 is 0 Å². The van der Waals surface area contributed by atoms with Crippen LogP contribution in [0.1, 0.15) is 45.1 Å². The molecule has 3 heteroatoms. The van der Waals surface area contributed by atoms with E-state index in [1.165, 1.54) is 18.4 Å². The summed E-state index contributed by atoms with van der Waals surface area (Å²) >= 11 is 0. The van der Waals surface area contributed by atoms with Crippen LogP contribution in [0.3, 0.4) is 0 Å². The molecule has 0 unspecified atom stereocenters. The maximum Gasteiger partial charge on any atom is 0.237 e. The maximum atomic E-state index is 12.1. The van der Waals surface area contributed by atoms with Gasteiger partial charge in [-0.15, -0.1) is 0 Å². The molecule has 0 aromatic heterocycles. The molecule has 1 aliphatic rings. The van der Waals surface area contributed by atoms with Crippen molar-refractivity contribution in [3.8, 4) is 0 Å². The summed E-state index contributed by atoms with van der Waals surface area (Å²) in [5.74, 6) is 0.147. The van der Waals surface area contributed by atoms with E-state index in [9.17, 15) is 4.79 Å². The molecule has 20 heavy (non-hydrogen) atoms. The van der Waals surface area contributed by atoms with Gasteiger partial charge in [-0.25, -0.2) is 0 Å². The lowest BCUT2D eigenvalue weighted by Crippen LogP contribution is -2.48. The van der Waals surface area contributed by atoms with E-state index in [1.807, 2.05) is 19.9 Å². The van der Waals surface area contributed by atoms with Crippen LogP contribution in [0.2, 0.25) is 0 Å². The van der Waals surface area contributed by atoms with E-state index in [1.54, 1.807) is 0 Å². The number of nitrogens with two attached hydrogens (primary N) is 1. The Balaban J connectivity index is 2.06. The predicted molar refractivity (Wildman–Crippen MR) is 82.4 cm³/mol. The van der Waals surface area contributed by atoms with Crippen LogP contribution in [0, 0.1) is 5.92 Å². The molecule has 1 fully saturated rings. The van der Waals surface area contributed by atoms with Crippen LogP contribution in [0.15, 0.2) is 30.3 Å². The van der Waals surface area contributed by atoms with Gasteiger partial charge in [0, 0.05) is 12.0 Å². The Labute approximate surface area is 121 Å². The van der Waals surface area contributed by atoms with Gasteiger partial charge in [0.1, 0.15) is 0 Å². The number of hydrogen-bond acceptors (Lipinski definition) is 2. The quantitative estimate of drug-likeness (QED) is 0.867. The third-order valence-electron chi connectivity index (χ3n) is 4.57. The Bertz CT molecular complexity index is 436. The van der Waals surface area contributed by atoms with E-state index in [0.717, 1.165) is 12.8 Å². The summed E-state index contributed by atoms with van der Waals surface area (Å²) in [5.41, 5.74) is 7.36. The second-order valence-electron chi connectivity index (χ2n) is 6.34. The first-order chi connectivity index (χ1) is 9.55. The molecule has 1 amide bonds. The first kappa shape index (κ1) is 15.0. The number of benzene rings is 1. The van der Waals surface area contributed by atoms with Gasteiger partial charge in [-0.1, -0.05) is 57.0 Å². The van der Waals surface area contributed by atoms with Crippen LogP contribution in [-0.2, 0) is 10.2 Å². The van der Waals surface area contributed by atoms with Gasteiger partial charge in [0.25, 0.3) is 0 Å². The van der Waals surface area contributed by atoms with Crippen molar-refractivity contribution in [2.24, 2.45) is 11.7 Å². The summed E-state index contributed by atoms with van der Waals surface area (Å²) in [6, 6.07) is 10.2. The fraction of sp³-hybridized carbons (Fsp3) is 0.588. The Hall–Kier alpha value is -1.35. The minimum atomic E-state index is -0.413. The molecule has 1 aromatic carbocycles. The lowest BCUT2D eigenvalue weighted by atomic mass is 9.78. The van der Waals surface area contributed by atoms with Crippen molar-refractivity contribution in [2.45, 2.75) is 51.0 Å². The summed E-state index contributed by atoms with van der Waals surface area (Å²) in [4.78, 5) is 12.1. The summed E-state index contributed by atoms with van der Waals surface area (Å²) in [6.45, 7) is 4.66. The number of nitrogens with one attached hydrogen (secondary N) is 1. The zero-order chi connectivity index (χ0) is 14.6. The molecule has 2 rings (SSSR count). The van der Waals surface area contributed by atoms with E-state index in [0.29, 0.717) is 6.54 Å². The van der Waals surface area contributed by atoms with Gasteiger partial charge >= 0.3 is 0 Å². The van der Waals surface area contributed by atoms with Crippen molar-refractivity contribution in [2.75, 3.05) is 6.54 Å². The third-order valence-corrected chi connectivity index (χ3v) is 4.57. The minimum Gasteiger partial charge on any atom is -0.354 e. The predicted octanol–water partition coefficient (Wildman–Crippen LogP) is 2.60. The van der Waals surface area contributed by atoms with E-state index in [4.69, 9.17) is 5.73 Å². The molecule has 1 atom stereocenters. The fourth-order valence-electron chi connectivity index (χ4n) is 3.09. The molecule has 0 radical (unpaired) electrons. The second-order valence-corrected chi connectivity index (χ2v) is 6.34. The van der Waals surface area contributed by atoms with Crippen molar-refractivity contribution >= 4 is 5.91 Å². The van der Waals surface area contributed by atoms with Gasteiger partial charge in [-0.3, -0.25) is 4.79 Å². The number of carbonyl (C=O) groups is 1. The largest absolute Gasteiger partial charge is 0.354 e. The Kier molecular flexibility index (Phi) is 4.81. The van der Waals surface area contributed by atoms with Crippen LogP contribution < -0.4 is 11.1 Å². The van der Waals surface area contributed by atoms with E-state index >= 15 is 0 Å². The molecule has 0 aliphatic heterocycles. The van der Waals surface area contributed by atoms with Crippen molar-refractivity contribution in [1.82, 2.24) is 5.32 Å². The topological polar surface area (TPSA) is 55.1 Å². The highest BCUT2D eigenvalue weighted by molar-refractivity contribution is 5.81. The number of hydrogen-bond donors (Lipinski definition) is 2. The van der Waals surface area contributed by atoms with Gasteiger partial charge < -0.3 is 11.1 Å². The molecule has 1 saturated carbocycles. The van der Waals surface area contributed by atoms with Gasteiger partial charge in [0.05, 0.1) is 6.04 Å². The van der Waals surface area contributed by atoms with Gasteiger partial charge in [-0.05, 0) is 24.3 Å². The monoisotopic (exact) mass is 274 g/mol. The molecular weight excluding hydrogens is 248 g/mol. The molecule has 110 valence electrons. The number of amides is 1. The van der Waals surface area contributed by atoms with Crippen LogP contribution in [0.5, 0.6) is 0 Å². The highest BCUT2D eigenvalue weighted by Gasteiger charge is 2.36. The molecule has 3 nitrogen and oxygen atoms in total. The van der Waals surface area contributed by atoms with Crippen molar-refractivity contribution in [3.05, 3.63) is 35.9 Å². The van der Waals surface area contributed by atoms with Gasteiger partial charge in [0.2, 0.25) is 5.91 Å². The van der Waals surface area contributed by atoms with E-state index < -0.39 is 6.04 Å². The van der Waals surface area contributed by atoms with Crippen LogP contribution in [0.25, 0.3) is 0 Å². The summed E-state index contributed by atoms with van der Waals surface area (Å²) in [6.07, 6.45) is 4.77. The zero-order valence-corrected chi connectivity index (χ0v) is 12.6. The number of carbonyl (C=O) groups excluding carboxylic acids is 1. The Morgan fingerprint density at radius 3 is 2.40 bits per heavy atom. The van der Waals surface area contributed by atoms with E-state index in [2.05, 4.69) is 29.6 Å². The molecular formula is C17H26N2O. The molecule has 0 saturated heterocycles. The average molecular weight is 274 g/mol. The lowest BCUT2D eigenvalue weighted by Gasteiger charge is -2.31. The van der Waals surface area contributed by atoms with Crippen molar-refractivity contribution in [3.63, 3.8) is 0 Å². The van der Waals surface area contributed by atoms with Gasteiger partial charge in [-0.2, -0.15) is 0 Å². The first-order valence-electron chi connectivity index (χ1n) is 7.64. The van der Waals surface area contributed by atoms with Crippen LogP contribution in [0.4, 0.5) is 0 Å². The Morgan fingerprint density at radius 1 is 1.25 bits per heavy atom. The lowest BCUT2D eigenvalue weighted by molar-refractivity contribution is -0.123. The second kappa shape index (κ2) is 6.40. The molecule has 1 aliphatic carbocycles. The SMILES string of the molecule is CC(C)[C@H](N)C(=O)NCC1(c2ccccc2)CCCC1. The molecule has 0 bridgehead atoms. The minimum absolute atomic E-state index is 0.0257. The van der Waals surface area contributed by atoms with Crippen molar-refractivity contribution < 1.29 is 4.79 Å². The summed E-state index contributed by atoms with van der Waals surface area (Å²) < 4.78 is 0. The number of rotatable bonds is 5. The summed E-state index contributed by atoms with van der Waals surface area (Å²) in [7, 11) is 0. The van der Waals surface area contributed by atoms with Gasteiger partial charge in [0.15, 0.2) is 0 Å². The third kappa shape index (κ3) is 3.21. The zero-order valence-electron chi connectivity index (χ0n) is 12.6. The highest BCUT2D eigenvalue weighted by atomic mass is 16.2. The Morgan fingerprint density at radius 2 is 1.85 bits per heavy atom. The van der Waals surface area contributed by atoms with Crippen LogP contribution in [-0.4, -0.2) is 18.5 Å². The summed E-state index contributed by atoms with van der Waals surface area (Å²) in [5, 5.41) is 3.08. The highest BCUT2D eigenvalue weighted by Crippen LogP contribution is 2.40. The molecule has 0 spiro atoms. The maximum absolute atomic E-state index is 12.1. The smallest absolute Gasteiger partial charge is 0.237 e. The van der Waals surface area contributed by atoms with Crippen molar-refractivity contribution in [1.29, 1.82) is 0 Å². The normalized spacial score (nSPS) is 19.0. The fourth-order valence-corrected chi connectivity index (χ4v) is 3.09. The van der Waals surface area contributed by atoms with E-state index in [-0.39, 0.29) is 17.2 Å². The average Bonchev–Trinajstić information content (AvgIpc) is 2.95. The molecule has 3 N–H and O–H groups in total.